The van der Waals surface area contributed by atoms with E-state index in [0.717, 1.165) is 44.2 Å². The highest BCUT2D eigenvalue weighted by Crippen LogP contribution is 2.52. The molecule has 0 amide bonds. The topological polar surface area (TPSA) is 6.48 Å². The van der Waals surface area contributed by atoms with Gasteiger partial charge in [0, 0.05) is 49.6 Å². The molecular weight excluding hydrogens is 567 g/mol. The summed E-state index contributed by atoms with van der Waals surface area (Å²) in [6.07, 6.45) is 0. The van der Waals surface area contributed by atoms with Crippen LogP contribution >= 0.6 is 23.2 Å². The molecule has 0 saturated carbocycles. The smallest absolute Gasteiger partial charge is 0.0465 e. The van der Waals surface area contributed by atoms with Crippen LogP contribution in [0, 0.1) is 0 Å². The van der Waals surface area contributed by atoms with Gasteiger partial charge in [0.25, 0.3) is 0 Å². The second-order valence-corrected chi connectivity index (χ2v) is 12.3. The fourth-order valence-corrected chi connectivity index (χ4v) is 6.47. The fourth-order valence-electron chi connectivity index (χ4n) is 6.22. The van der Waals surface area contributed by atoms with Crippen molar-refractivity contribution < 1.29 is 0 Å². The number of anilines is 6. The first-order chi connectivity index (χ1) is 20.9. The zero-order chi connectivity index (χ0) is 29.6. The summed E-state index contributed by atoms with van der Waals surface area (Å²) in [7, 11) is 0. The van der Waals surface area contributed by atoms with Crippen LogP contribution in [0.5, 0.6) is 0 Å². The first kappa shape index (κ1) is 27.3. The lowest BCUT2D eigenvalue weighted by Crippen LogP contribution is -2.17. The maximum Gasteiger partial charge on any atom is 0.0465 e. The summed E-state index contributed by atoms with van der Waals surface area (Å²) < 4.78 is 0. The molecule has 0 radical (unpaired) electrons. The Kier molecular flexibility index (Phi) is 6.97. The highest BCUT2D eigenvalue weighted by molar-refractivity contribution is 6.31. The van der Waals surface area contributed by atoms with E-state index < -0.39 is 0 Å². The summed E-state index contributed by atoms with van der Waals surface area (Å²) in [5.74, 6) is 0. The Hall–Kier alpha value is -4.50. The van der Waals surface area contributed by atoms with Crippen LogP contribution in [0.1, 0.15) is 25.0 Å². The van der Waals surface area contributed by atoms with Gasteiger partial charge in [-0.1, -0.05) is 85.6 Å². The van der Waals surface area contributed by atoms with Gasteiger partial charge in [-0.3, -0.25) is 0 Å². The Morgan fingerprint density at radius 1 is 0.395 bits per heavy atom. The highest BCUT2D eigenvalue weighted by atomic mass is 35.5. The lowest BCUT2D eigenvalue weighted by atomic mass is 9.82. The first-order valence-electron chi connectivity index (χ1n) is 14.4. The Labute approximate surface area is 263 Å². The second-order valence-electron chi connectivity index (χ2n) is 11.4. The van der Waals surface area contributed by atoms with Crippen LogP contribution in [0.25, 0.3) is 11.1 Å². The number of benzene rings is 6. The SMILES string of the molecule is CC1(C)c2cc(N(c3ccccc3)c3ccc(Cl)cc3)ccc2-c2ccc(N(c3ccccc3)c3ccc(Cl)cc3)cc21. The van der Waals surface area contributed by atoms with Gasteiger partial charge in [-0.05, 0) is 119 Å². The molecule has 0 N–H and O–H groups in total. The lowest BCUT2D eigenvalue weighted by Gasteiger charge is -2.29. The summed E-state index contributed by atoms with van der Waals surface area (Å²) in [5.41, 5.74) is 11.5. The molecule has 7 rings (SSSR count). The van der Waals surface area contributed by atoms with Crippen molar-refractivity contribution in [1.82, 2.24) is 0 Å². The van der Waals surface area contributed by atoms with E-state index >= 15 is 0 Å². The number of rotatable bonds is 6. The second kappa shape index (κ2) is 11.0. The van der Waals surface area contributed by atoms with E-state index in [1.807, 2.05) is 36.4 Å². The minimum atomic E-state index is -0.207. The summed E-state index contributed by atoms with van der Waals surface area (Å²) >= 11 is 12.5. The lowest BCUT2D eigenvalue weighted by molar-refractivity contribution is 0.660. The molecule has 0 fully saturated rings. The number of para-hydroxylation sites is 2. The van der Waals surface area contributed by atoms with Crippen LogP contribution in [0.3, 0.4) is 0 Å². The monoisotopic (exact) mass is 596 g/mol. The molecule has 0 atom stereocenters. The summed E-state index contributed by atoms with van der Waals surface area (Å²) in [6.45, 7) is 4.66. The largest absolute Gasteiger partial charge is 0.310 e. The molecule has 0 bridgehead atoms. The normalized spacial score (nSPS) is 12.8. The molecule has 2 nitrogen and oxygen atoms in total. The predicted molar refractivity (Wildman–Crippen MR) is 183 cm³/mol. The van der Waals surface area contributed by atoms with Crippen molar-refractivity contribution in [1.29, 1.82) is 0 Å². The van der Waals surface area contributed by atoms with Gasteiger partial charge in [-0.2, -0.15) is 0 Å². The first-order valence-corrected chi connectivity index (χ1v) is 15.2. The molecule has 43 heavy (non-hydrogen) atoms. The molecule has 0 spiro atoms. The quantitative estimate of drug-likeness (QED) is 0.188. The van der Waals surface area contributed by atoms with Gasteiger partial charge in [-0.15, -0.1) is 0 Å². The molecule has 0 unspecified atom stereocenters. The van der Waals surface area contributed by atoms with E-state index in [1.165, 1.54) is 22.3 Å². The summed E-state index contributed by atoms with van der Waals surface area (Å²) in [5, 5.41) is 1.45. The summed E-state index contributed by atoms with van der Waals surface area (Å²) in [4.78, 5) is 4.58. The van der Waals surface area contributed by atoms with Gasteiger partial charge in [0.1, 0.15) is 0 Å². The Balaban J connectivity index is 1.33. The number of hydrogen-bond donors (Lipinski definition) is 0. The van der Waals surface area contributed by atoms with Gasteiger partial charge in [0.05, 0.1) is 0 Å². The number of nitrogens with zero attached hydrogens (tertiary/aromatic N) is 2. The van der Waals surface area contributed by atoms with Gasteiger partial charge in [-0.25, -0.2) is 0 Å². The van der Waals surface area contributed by atoms with E-state index in [4.69, 9.17) is 23.2 Å². The molecule has 0 aromatic heterocycles. The molecule has 6 aromatic carbocycles. The van der Waals surface area contributed by atoms with E-state index in [2.05, 4.69) is 133 Å². The van der Waals surface area contributed by atoms with Crippen LogP contribution in [-0.4, -0.2) is 0 Å². The summed E-state index contributed by atoms with van der Waals surface area (Å²) in [6, 6.07) is 50.7. The number of hydrogen-bond acceptors (Lipinski definition) is 2. The van der Waals surface area contributed by atoms with Gasteiger partial charge in [0.15, 0.2) is 0 Å². The molecule has 1 aliphatic carbocycles. The molecular formula is C39H30Cl2N2. The van der Waals surface area contributed by atoms with Gasteiger partial charge >= 0.3 is 0 Å². The number of halogens is 2. The van der Waals surface area contributed by atoms with Crippen LogP contribution in [0.15, 0.2) is 146 Å². The Morgan fingerprint density at radius 2 is 0.721 bits per heavy atom. The maximum atomic E-state index is 6.27. The predicted octanol–water partition coefficient (Wildman–Crippen LogP) is 12.2. The third kappa shape index (κ3) is 4.97. The minimum Gasteiger partial charge on any atom is -0.310 e. The van der Waals surface area contributed by atoms with Gasteiger partial charge < -0.3 is 9.80 Å². The highest BCUT2D eigenvalue weighted by Gasteiger charge is 2.36. The molecule has 210 valence electrons. The molecule has 6 aromatic rings. The molecule has 1 aliphatic rings. The molecule has 4 heteroatoms. The minimum absolute atomic E-state index is 0.207. The third-order valence-electron chi connectivity index (χ3n) is 8.36. The Bertz CT molecular complexity index is 1760. The van der Waals surface area contributed by atoms with Crippen molar-refractivity contribution in [3.8, 4) is 11.1 Å². The van der Waals surface area contributed by atoms with Crippen molar-refractivity contribution in [3.05, 3.63) is 167 Å². The van der Waals surface area contributed by atoms with Gasteiger partial charge in [0.2, 0.25) is 0 Å². The third-order valence-corrected chi connectivity index (χ3v) is 8.86. The molecule has 0 saturated heterocycles. The van der Waals surface area contributed by atoms with Crippen molar-refractivity contribution in [2.75, 3.05) is 9.80 Å². The van der Waals surface area contributed by atoms with E-state index in [9.17, 15) is 0 Å². The Morgan fingerprint density at radius 3 is 1.09 bits per heavy atom. The van der Waals surface area contributed by atoms with E-state index in [1.54, 1.807) is 0 Å². The fraction of sp³-hybridized carbons (Fsp3) is 0.0769. The number of fused-ring (bicyclic) bond motifs is 3. The molecule has 0 aliphatic heterocycles. The van der Waals surface area contributed by atoms with Crippen molar-refractivity contribution in [2.24, 2.45) is 0 Å². The standard InChI is InChI=1S/C39H30Cl2N2/c1-39(2)37-25-33(42(29-9-5-3-6-10-29)31-17-13-27(40)14-18-31)21-23-35(37)36-24-22-34(26-38(36)39)43(30-11-7-4-8-12-30)32-19-15-28(41)16-20-32/h3-26H,1-2H3. The molecule has 0 heterocycles. The van der Waals surface area contributed by atoms with Crippen LogP contribution in [0.4, 0.5) is 34.1 Å². The van der Waals surface area contributed by atoms with E-state index in [-0.39, 0.29) is 5.41 Å². The van der Waals surface area contributed by atoms with Crippen LogP contribution in [-0.2, 0) is 5.41 Å². The van der Waals surface area contributed by atoms with Crippen LogP contribution in [0.2, 0.25) is 10.0 Å². The van der Waals surface area contributed by atoms with Crippen molar-refractivity contribution in [3.63, 3.8) is 0 Å². The van der Waals surface area contributed by atoms with E-state index in [0.29, 0.717) is 0 Å². The average Bonchev–Trinajstić information content (AvgIpc) is 3.26. The zero-order valence-electron chi connectivity index (χ0n) is 24.0. The average molecular weight is 598 g/mol. The van der Waals surface area contributed by atoms with Crippen molar-refractivity contribution >= 4 is 57.3 Å². The zero-order valence-corrected chi connectivity index (χ0v) is 25.5. The maximum absolute atomic E-state index is 6.27. The van der Waals surface area contributed by atoms with Crippen molar-refractivity contribution in [2.45, 2.75) is 19.3 Å². The van der Waals surface area contributed by atoms with Crippen LogP contribution < -0.4 is 9.80 Å².